The van der Waals surface area contributed by atoms with Gasteiger partial charge in [-0.3, -0.25) is 4.79 Å². The van der Waals surface area contributed by atoms with Crippen LogP contribution in [0.15, 0.2) is 67.1 Å². The van der Waals surface area contributed by atoms with Gasteiger partial charge in [-0.2, -0.15) is 0 Å². The van der Waals surface area contributed by atoms with Gasteiger partial charge in [0.05, 0.1) is 12.4 Å². The van der Waals surface area contributed by atoms with E-state index in [1.54, 1.807) is 18.6 Å². The van der Waals surface area contributed by atoms with Crippen LogP contribution < -0.4 is 10.2 Å². The number of pyridine rings is 1. The molecule has 142 valence electrons. The Kier molecular flexibility index (Phi) is 5.42. The van der Waals surface area contributed by atoms with Gasteiger partial charge in [-0.25, -0.2) is 15.0 Å². The zero-order valence-electron chi connectivity index (χ0n) is 15.5. The molecule has 1 aromatic carbocycles. The number of hydrogen-bond donors (Lipinski definition) is 1. The molecule has 0 atom stereocenters. The number of rotatable bonds is 5. The Bertz CT molecular complexity index is 893. The lowest BCUT2D eigenvalue weighted by Gasteiger charge is -2.35. The molecule has 3 aromatic rings. The van der Waals surface area contributed by atoms with Crippen LogP contribution in [0.5, 0.6) is 0 Å². The van der Waals surface area contributed by atoms with Crippen LogP contribution in [0.1, 0.15) is 16.1 Å². The smallest absolute Gasteiger partial charge is 0.274 e. The highest BCUT2D eigenvalue weighted by molar-refractivity contribution is 5.92. The molecule has 0 spiro atoms. The Morgan fingerprint density at radius 2 is 1.68 bits per heavy atom. The first-order valence-electron chi connectivity index (χ1n) is 9.35. The minimum Gasteiger partial charge on any atom is -0.365 e. The maximum absolute atomic E-state index is 12.7. The number of carbonyl (C=O) groups excluding carboxylic acids is 1. The maximum Gasteiger partial charge on any atom is 0.274 e. The molecule has 7 nitrogen and oxygen atoms in total. The molecule has 4 rings (SSSR count). The van der Waals surface area contributed by atoms with Gasteiger partial charge in [-0.1, -0.05) is 36.4 Å². The number of nitrogens with zero attached hydrogens (tertiary/aromatic N) is 5. The third-order valence-corrected chi connectivity index (χ3v) is 4.73. The predicted molar refractivity (Wildman–Crippen MR) is 108 cm³/mol. The summed E-state index contributed by atoms with van der Waals surface area (Å²) in [5, 5.41) is 3.22. The largest absolute Gasteiger partial charge is 0.365 e. The van der Waals surface area contributed by atoms with E-state index in [1.807, 2.05) is 53.4 Å². The summed E-state index contributed by atoms with van der Waals surface area (Å²) < 4.78 is 0. The lowest BCUT2D eigenvalue weighted by atomic mass is 10.2. The molecular formula is C21H22N6O. The summed E-state index contributed by atoms with van der Waals surface area (Å²) in [5.74, 6) is 1.52. The van der Waals surface area contributed by atoms with Crippen molar-refractivity contribution in [2.45, 2.75) is 6.54 Å². The standard InChI is InChI=1S/C21H22N6O/c28-21(27-12-10-26(11-13-27)20-8-4-5-9-22-20)18-15-25-19(16-23-18)24-14-17-6-2-1-3-7-17/h1-9,15-16H,10-14H2,(H,24,25). The highest BCUT2D eigenvalue weighted by atomic mass is 16.2. The molecule has 3 heterocycles. The van der Waals surface area contributed by atoms with E-state index in [2.05, 4.69) is 25.2 Å². The van der Waals surface area contributed by atoms with Crippen molar-refractivity contribution in [2.75, 3.05) is 36.4 Å². The summed E-state index contributed by atoms with van der Waals surface area (Å²) in [6.07, 6.45) is 4.94. The quantitative estimate of drug-likeness (QED) is 0.739. The molecular weight excluding hydrogens is 352 g/mol. The summed E-state index contributed by atoms with van der Waals surface area (Å²) in [5.41, 5.74) is 1.53. The number of anilines is 2. The summed E-state index contributed by atoms with van der Waals surface area (Å²) >= 11 is 0. The van der Waals surface area contributed by atoms with Gasteiger partial charge in [0.15, 0.2) is 0 Å². The normalized spacial score (nSPS) is 14.0. The lowest BCUT2D eigenvalue weighted by Crippen LogP contribution is -2.49. The molecule has 0 aliphatic carbocycles. The van der Waals surface area contributed by atoms with E-state index < -0.39 is 0 Å². The molecule has 1 aliphatic rings. The monoisotopic (exact) mass is 374 g/mol. The zero-order valence-corrected chi connectivity index (χ0v) is 15.5. The topological polar surface area (TPSA) is 74.2 Å². The first-order valence-corrected chi connectivity index (χ1v) is 9.35. The number of nitrogens with one attached hydrogen (secondary N) is 1. The fourth-order valence-electron chi connectivity index (χ4n) is 3.16. The minimum atomic E-state index is -0.0808. The van der Waals surface area contributed by atoms with Crippen molar-refractivity contribution in [1.29, 1.82) is 0 Å². The Morgan fingerprint density at radius 1 is 0.893 bits per heavy atom. The molecule has 28 heavy (non-hydrogen) atoms. The van der Waals surface area contributed by atoms with Gasteiger partial charge in [0.1, 0.15) is 17.3 Å². The van der Waals surface area contributed by atoms with E-state index in [4.69, 9.17) is 0 Å². The maximum atomic E-state index is 12.7. The van der Waals surface area contributed by atoms with Crippen molar-refractivity contribution in [1.82, 2.24) is 19.9 Å². The van der Waals surface area contributed by atoms with Gasteiger partial charge in [0.2, 0.25) is 0 Å². The number of piperazine rings is 1. The summed E-state index contributed by atoms with van der Waals surface area (Å²) in [7, 11) is 0. The molecule has 7 heteroatoms. The second-order valence-corrected chi connectivity index (χ2v) is 6.59. The van der Waals surface area contributed by atoms with E-state index in [0.717, 1.165) is 24.5 Å². The molecule has 1 aliphatic heterocycles. The Hall–Kier alpha value is -3.48. The van der Waals surface area contributed by atoms with Crippen molar-refractivity contribution < 1.29 is 4.79 Å². The Morgan fingerprint density at radius 3 is 2.36 bits per heavy atom. The fraction of sp³-hybridized carbons (Fsp3) is 0.238. The summed E-state index contributed by atoms with van der Waals surface area (Å²) in [6, 6.07) is 15.9. The van der Waals surface area contributed by atoms with Crippen LogP contribution in [-0.2, 0) is 6.54 Å². The van der Waals surface area contributed by atoms with Crippen LogP contribution >= 0.6 is 0 Å². The number of benzene rings is 1. The first-order chi connectivity index (χ1) is 13.8. The van der Waals surface area contributed by atoms with Crippen LogP contribution in [0.2, 0.25) is 0 Å². The molecule has 0 unspecified atom stereocenters. The van der Waals surface area contributed by atoms with Gasteiger partial charge in [-0.15, -0.1) is 0 Å². The third-order valence-electron chi connectivity index (χ3n) is 4.73. The summed E-state index contributed by atoms with van der Waals surface area (Å²) in [4.78, 5) is 29.7. The van der Waals surface area contributed by atoms with E-state index in [0.29, 0.717) is 31.1 Å². The van der Waals surface area contributed by atoms with Crippen LogP contribution in [-0.4, -0.2) is 51.9 Å². The van der Waals surface area contributed by atoms with Crippen molar-refractivity contribution in [3.63, 3.8) is 0 Å². The second-order valence-electron chi connectivity index (χ2n) is 6.59. The van der Waals surface area contributed by atoms with E-state index in [9.17, 15) is 4.79 Å². The lowest BCUT2D eigenvalue weighted by molar-refractivity contribution is 0.0740. The number of hydrogen-bond acceptors (Lipinski definition) is 6. The summed E-state index contributed by atoms with van der Waals surface area (Å²) in [6.45, 7) is 3.47. The second kappa shape index (κ2) is 8.47. The van der Waals surface area contributed by atoms with E-state index >= 15 is 0 Å². The number of carbonyl (C=O) groups is 1. The molecule has 0 saturated carbocycles. The van der Waals surface area contributed by atoms with Gasteiger partial charge in [-0.05, 0) is 17.7 Å². The Labute approximate surface area is 164 Å². The molecule has 1 N–H and O–H groups in total. The van der Waals surface area contributed by atoms with Gasteiger partial charge in [0.25, 0.3) is 5.91 Å². The van der Waals surface area contributed by atoms with E-state index in [1.165, 1.54) is 0 Å². The highest BCUT2D eigenvalue weighted by Crippen LogP contribution is 2.14. The highest BCUT2D eigenvalue weighted by Gasteiger charge is 2.23. The Balaban J connectivity index is 1.31. The van der Waals surface area contributed by atoms with Crippen molar-refractivity contribution in [3.8, 4) is 0 Å². The molecule has 2 aromatic heterocycles. The van der Waals surface area contributed by atoms with Crippen molar-refractivity contribution >= 4 is 17.5 Å². The molecule has 0 bridgehead atoms. The van der Waals surface area contributed by atoms with Gasteiger partial charge in [0, 0.05) is 38.9 Å². The number of aromatic nitrogens is 3. The van der Waals surface area contributed by atoms with Crippen LogP contribution in [0, 0.1) is 0 Å². The van der Waals surface area contributed by atoms with Gasteiger partial charge >= 0.3 is 0 Å². The van der Waals surface area contributed by atoms with Crippen LogP contribution in [0.4, 0.5) is 11.6 Å². The van der Waals surface area contributed by atoms with Crippen molar-refractivity contribution in [2.24, 2.45) is 0 Å². The third kappa shape index (κ3) is 4.25. The minimum absolute atomic E-state index is 0.0808. The van der Waals surface area contributed by atoms with Crippen molar-refractivity contribution in [3.05, 3.63) is 78.4 Å². The zero-order chi connectivity index (χ0) is 19.2. The van der Waals surface area contributed by atoms with E-state index in [-0.39, 0.29) is 5.91 Å². The molecule has 1 amide bonds. The molecule has 0 radical (unpaired) electrons. The first kappa shape index (κ1) is 17.9. The van der Waals surface area contributed by atoms with Crippen LogP contribution in [0.25, 0.3) is 0 Å². The van der Waals surface area contributed by atoms with Gasteiger partial charge < -0.3 is 15.1 Å². The molecule has 1 saturated heterocycles. The van der Waals surface area contributed by atoms with Crippen LogP contribution in [0.3, 0.4) is 0 Å². The number of amides is 1. The predicted octanol–water partition coefficient (Wildman–Crippen LogP) is 2.45. The average Bonchev–Trinajstić information content (AvgIpc) is 2.79. The molecule has 1 fully saturated rings. The average molecular weight is 374 g/mol. The fourth-order valence-corrected chi connectivity index (χ4v) is 3.16. The SMILES string of the molecule is O=C(c1cnc(NCc2ccccc2)cn1)N1CCN(c2ccccn2)CC1.